The van der Waals surface area contributed by atoms with Gasteiger partial charge in [-0.25, -0.2) is 0 Å². The second-order valence-corrected chi connectivity index (χ2v) is 5.06. The number of nitrogens with one attached hydrogen (secondary N) is 2. The smallest absolute Gasteiger partial charge is 0.118 e. The summed E-state index contributed by atoms with van der Waals surface area (Å²) in [5.74, 6) is 1.11. The minimum absolute atomic E-state index is 0.211. The van der Waals surface area contributed by atoms with E-state index in [-0.39, 0.29) is 6.04 Å². The molecule has 2 heterocycles. The van der Waals surface area contributed by atoms with Gasteiger partial charge in [0.05, 0.1) is 12.6 Å². The van der Waals surface area contributed by atoms with Crippen molar-refractivity contribution in [3.63, 3.8) is 0 Å². The van der Waals surface area contributed by atoms with E-state index in [1.165, 1.54) is 31.2 Å². The van der Waals surface area contributed by atoms with Crippen molar-refractivity contribution < 1.29 is 0 Å². The summed E-state index contributed by atoms with van der Waals surface area (Å²) in [4.78, 5) is 8.75. The van der Waals surface area contributed by atoms with Crippen molar-refractivity contribution in [3.05, 3.63) is 30.1 Å². The molecule has 2 N–H and O–H groups in total. The number of nitrogens with zero attached hydrogens (tertiary/aromatic N) is 2. The van der Waals surface area contributed by atoms with Crippen LogP contribution in [0.15, 0.2) is 29.5 Å². The Hall–Kier alpha value is -1.42. The van der Waals surface area contributed by atoms with Gasteiger partial charge in [-0.2, -0.15) is 0 Å². The summed E-state index contributed by atoms with van der Waals surface area (Å²) in [6.45, 7) is 1.82. The molecule has 1 unspecified atom stereocenters. The first-order chi connectivity index (χ1) is 8.93. The lowest BCUT2D eigenvalue weighted by Crippen LogP contribution is -2.45. The largest absolute Gasteiger partial charge is 0.370 e. The molecule has 0 radical (unpaired) electrons. The Morgan fingerprint density at radius 1 is 1.17 bits per heavy atom. The minimum Gasteiger partial charge on any atom is -0.370 e. The molecule has 1 aromatic heterocycles. The van der Waals surface area contributed by atoms with Crippen LogP contribution < -0.4 is 10.6 Å². The number of pyridine rings is 1. The van der Waals surface area contributed by atoms with Crippen LogP contribution in [0.5, 0.6) is 0 Å². The Bertz CT molecular complexity index is 409. The first-order valence-electron chi connectivity index (χ1n) is 6.87. The van der Waals surface area contributed by atoms with Crippen LogP contribution in [0.25, 0.3) is 0 Å². The molecule has 0 bridgehead atoms. The van der Waals surface area contributed by atoms with Gasteiger partial charge in [0.15, 0.2) is 0 Å². The van der Waals surface area contributed by atoms with Gasteiger partial charge < -0.3 is 10.6 Å². The van der Waals surface area contributed by atoms with Crippen LogP contribution in [-0.4, -0.2) is 30.0 Å². The zero-order valence-electron chi connectivity index (χ0n) is 10.6. The second kappa shape index (κ2) is 5.48. The summed E-state index contributed by atoms with van der Waals surface area (Å²) in [5, 5.41) is 7.17. The molecule has 3 rings (SSSR count). The molecular formula is C14H20N4. The van der Waals surface area contributed by atoms with Crippen molar-refractivity contribution in [1.29, 1.82) is 0 Å². The SMILES string of the molecule is c1cc(C2NCCN=C2NC2CCCC2)ccn1. The molecule has 1 saturated carbocycles. The maximum atomic E-state index is 4.67. The van der Waals surface area contributed by atoms with Crippen molar-refractivity contribution >= 4 is 5.84 Å². The molecule has 1 aliphatic heterocycles. The van der Waals surface area contributed by atoms with E-state index in [9.17, 15) is 0 Å². The van der Waals surface area contributed by atoms with Gasteiger partial charge in [0, 0.05) is 25.0 Å². The molecular weight excluding hydrogens is 224 g/mol. The van der Waals surface area contributed by atoms with E-state index >= 15 is 0 Å². The summed E-state index contributed by atoms with van der Waals surface area (Å²) < 4.78 is 0. The summed E-state index contributed by atoms with van der Waals surface area (Å²) in [5.41, 5.74) is 1.24. The highest BCUT2D eigenvalue weighted by atomic mass is 15.1. The van der Waals surface area contributed by atoms with Gasteiger partial charge in [0.1, 0.15) is 5.84 Å². The number of amidine groups is 1. The van der Waals surface area contributed by atoms with E-state index in [1.54, 1.807) is 0 Å². The molecule has 1 aromatic rings. The van der Waals surface area contributed by atoms with Gasteiger partial charge in [-0.05, 0) is 30.5 Å². The molecule has 1 atom stereocenters. The van der Waals surface area contributed by atoms with Gasteiger partial charge in [-0.3, -0.25) is 9.98 Å². The maximum absolute atomic E-state index is 4.67. The fraction of sp³-hybridized carbons (Fsp3) is 0.571. The Morgan fingerprint density at radius 2 is 1.94 bits per heavy atom. The van der Waals surface area contributed by atoms with Gasteiger partial charge in [0.2, 0.25) is 0 Å². The summed E-state index contributed by atoms with van der Waals surface area (Å²) >= 11 is 0. The Kier molecular flexibility index (Phi) is 3.55. The summed E-state index contributed by atoms with van der Waals surface area (Å²) in [6, 6.07) is 4.96. The number of aliphatic imine (C=N–C) groups is 1. The van der Waals surface area contributed by atoms with Gasteiger partial charge >= 0.3 is 0 Å². The van der Waals surface area contributed by atoms with Crippen molar-refractivity contribution in [1.82, 2.24) is 15.6 Å². The van der Waals surface area contributed by atoms with Crippen molar-refractivity contribution in [2.45, 2.75) is 37.8 Å². The number of rotatable bonds is 2. The Morgan fingerprint density at radius 3 is 2.72 bits per heavy atom. The molecule has 0 spiro atoms. The Labute approximate surface area is 108 Å². The van der Waals surface area contributed by atoms with Gasteiger partial charge in [0.25, 0.3) is 0 Å². The van der Waals surface area contributed by atoms with Gasteiger partial charge in [-0.1, -0.05) is 12.8 Å². The third kappa shape index (κ3) is 2.53. The lowest BCUT2D eigenvalue weighted by atomic mass is 10.1. The molecule has 0 aromatic carbocycles. The minimum atomic E-state index is 0.211. The van der Waals surface area contributed by atoms with Crippen LogP contribution >= 0.6 is 0 Å². The molecule has 4 nitrogen and oxygen atoms in total. The highest BCUT2D eigenvalue weighted by Crippen LogP contribution is 2.21. The van der Waals surface area contributed by atoms with Crippen molar-refractivity contribution in [2.75, 3.05) is 13.1 Å². The predicted octanol–water partition coefficient (Wildman–Crippen LogP) is 1.66. The highest BCUT2D eigenvalue weighted by Gasteiger charge is 2.24. The van der Waals surface area contributed by atoms with Crippen LogP contribution in [0, 0.1) is 0 Å². The van der Waals surface area contributed by atoms with E-state index in [2.05, 4.69) is 32.7 Å². The zero-order valence-corrected chi connectivity index (χ0v) is 10.6. The molecule has 18 heavy (non-hydrogen) atoms. The van der Waals surface area contributed by atoms with Crippen molar-refractivity contribution in [2.24, 2.45) is 4.99 Å². The van der Waals surface area contributed by atoms with E-state index in [4.69, 9.17) is 0 Å². The number of hydrogen-bond acceptors (Lipinski definition) is 4. The van der Waals surface area contributed by atoms with Crippen LogP contribution in [-0.2, 0) is 0 Å². The second-order valence-electron chi connectivity index (χ2n) is 5.06. The lowest BCUT2D eigenvalue weighted by molar-refractivity contribution is 0.558. The standard InChI is InChI=1S/C14H20N4/c1-2-4-12(3-1)18-14-13(16-9-10-17-14)11-5-7-15-8-6-11/h5-8,12-13,16H,1-4,9-10H2,(H,17,18). The fourth-order valence-corrected chi connectivity index (χ4v) is 2.81. The van der Waals surface area contributed by atoms with Crippen LogP contribution in [0.4, 0.5) is 0 Å². The molecule has 2 aliphatic rings. The summed E-state index contributed by atoms with van der Waals surface area (Å²) in [7, 11) is 0. The van der Waals surface area contributed by atoms with E-state index in [0.29, 0.717) is 6.04 Å². The average Bonchev–Trinajstić information content (AvgIpc) is 2.93. The highest BCUT2D eigenvalue weighted by molar-refractivity contribution is 5.89. The van der Waals surface area contributed by atoms with Crippen LogP contribution in [0.3, 0.4) is 0 Å². The molecule has 96 valence electrons. The van der Waals surface area contributed by atoms with E-state index < -0.39 is 0 Å². The molecule has 4 heteroatoms. The molecule has 0 amide bonds. The first-order valence-corrected chi connectivity index (χ1v) is 6.87. The molecule has 1 aliphatic carbocycles. The number of aromatic nitrogens is 1. The van der Waals surface area contributed by atoms with E-state index in [1.807, 2.05) is 12.4 Å². The quantitative estimate of drug-likeness (QED) is 0.832. The monoisotopic (exact) mass is 244 g/mol. The normalized spacial score (nSPS) is 24.9. The molecule has 0 saturated heterocycles. The predicted molar refractivity (Wildman–Crippen MR) is 72.7 cm³/mol. The Balaban J connectivity index is 1.75. The van der Waals surface area contributed by atoms with Crippen molar-refractivity contribution in [3.8, 4) is 0 Å². The topological polar surface area (TPSA) is 49.3 Å². The third-order valence-electron chi connectivity index (χ3n) is 3.76. The van der Waals surface area contributed by atoms with Crippen LogP contribution in [0.2, 0.25) is 0 Å². The fourth-order valence-electron chi connectivity index (χ4n) is 2.81. The van der Waals surface area contributed by atoms with E-state index in [0.717, 1.165) is 18.9 Å². The average molecular weight is 244 g/mol. The third-order valence-corrected chi connectivity index (χ3v) is 3.76. The lowest BCUT2D eigenvalue weighted by Gasteiger charge is -2.28. The maximum Gasteiger partial charge on any atom is 0.118 e. The van der Waals surface area contributed by atoms with Gasteiger partial charge in [-0.15, -0.1) is 0 Å². The summed E-state index contributed by atoms with van der Waals surface area (Å²) in [6.07, 6.45) is 8.94. The zero-order chi connectivity index (χ0) is 12.2. The van der Waals surface area contributed by atoms with Crippen LogP contribution in [0.1, 0.15) is 37.3 Å². The first kappa shape index (κ1) is 11.7. The number of hydrogen-bond donors (Lipinski definition) is 2. The molecule has 1 fully saturated rings.